The van der Waals surface area contributed by atoms with E-state index < -0.39 is 5.97 Å². The Labute approximate surface area is 121 Å². The largest absolute Gasteiger partial charge is 0.481 e. The fourth-order valence-electron chi connectivity index (χ4n) is 2.54. The van der Waals surface area contributed by atoms with Crippen LogP contribution in [-0.4, -0.2) is 34.0 Å². The summed E-state index contributed by atoms with van der Waals surface area (Å²) in [4.78, 5) is 17.0. The van der Waals surface area contributed by atoms with Crippen LogP contribution in [-0.2, 0) is 11.3 Å². The quantitative estimate of drug-likeness (QED) is 0.936. The number of aliphatic carboxylic acids is 1. The van der Waals surface area contributed by atoms with Crippen LogP contribution in [0.15, 0.2) is 34.9 Å². The molecule has 1 aliphatic heterocycles. The fraction of sp³-hybridized carbons (Fsp3) is 0.333. The number of likely N-dealkylation sites (tertiary alicyclic amines) is 1. The molecule has 1 aromatic carbocycles. The summed E-state index contributed by atoms with van der Waals surface area (Å²) in [7, 11) is 0. The highest BCUT2D eigenvalue weighted by Gasteiger charge is 2.28. The number of aromatic nitrogens is 1. The van der Waals surface area contributed by atoms with Gasteiger partial charge in [-0.1, -0.05) is 12.1 Å². The highest BCUT2D eigenvalue weighted by molar-refractivity contribution is 5.70. The van der Waals surface area contributed by atoms with Crippen LogP contribution in [0.3, 0.4) is 0 Å². The summed E-state index contributed by atoms with van der Waals surface area (Å²) in [6.45, 7) is 1.64. The minimum Gasteiger partial charge on any atom is -0.481 e. The highest BCUT2D eigenvalue weighted by atomic mass is 19.1. The van der Waals surface area contributed by atoms with E-state index in [1.807, 2.05) is 4.90 Å². The Morgan fingerprint density at radius 3 is 3.00 bits per heavy atom. The molecule has 2 heterocycles. The zero-order valence-corrected chi connectivity index (χ0v) is 11.3. The first-order valence-corrected chi connectivity index (χ1v) is 6.78. The summed E-state index contributed by atoms with van der Waals surface area (Å²) in [6.07, 6.45) is 2.13. The standard InChI is InChI=1S/C15H15FN2O3/c16-12-4-2-1-3-11(12)13-7-17-14(21-13)9-18-6-5-10(8-18)15(19)20/h1-4,7,10H,5-6,8-9H2,(H,19,20). The van der Waals surface area contributed by atoms with E-state index in [1.54, 1.807) is 18.2 Å². The molecular weight excluding hydrogens is 275 g/mol. The second-order valence-corrected chi connectivity index (χ2v) is 5.16. The summed E-state index contributed by atoms with van der Waals surface area (Å²) in [5, 5.41) is 8.97. The van der Waals surface area contributed by atoms with Crippen LogP contribution in [0.1, 0.15) is 12.3 Å². The summed E-state index contributed by atoms with van der Waals surface area (Å²) in [6, 6.07) is 6.36. The molecule has 1 unspecified atom stereocenters. The first kappa shape index (κ1) is 13.8. The van der Waals surface area contributed by atoms with Crippen molar-refractivity contribution in [3.8, 4) is 11.3 Å². The van der Waals surface area contributed by atoms with Gasteiger partial charge in [-0.3, -0.25) is 9.69 Å². The van der Waals surface area contributed by atoms with Crippen molar-refractivity contribution in [1.29, 1.82) is 0 Å². The topological polar surface area (TPSA) is 66.6 Å². The van der Waals surface area contributed by atoms with Gasteiger partial charge in [0.25, 0.3) is 0 Å². The number of rotatable bonds is 4. The van der Waals surface area contributed by atoms with Crippen LogP contribution < -0.4 is 0 Å². The van der Waals surface area contributed by atoms with Crippen molar-refractivity contribution >= 4 is 5.97 Å². The zero-order valence-electron chi connectivity index (χ0n) is 11.3. The smallest absolute Gasteiger partial charge is 0.307 e. The molecule has 0 spiro atoms. The number of benzene rings is 1. The molecule has 1 fully saturated rings. The van der Waals surface area contributed by atoms with Gasteiger partial charge in [-0.2, -0.15) is 0 Å². The number of carbonyl (C=O) groups is 1. The van der Waals surface area contributed by atoms with E-state index >= 15 is 0 Å². The van der Waals surface area contributed by atoms with E-state index in [4.69, 9.17) is 9.52 Å². The Morgan fingerprint density at radius 1 is 1.48 bits per heavy atom. The second-order valence-electron chi connectivity index (χ2n) is 5.16. The van der Waals surface area contributed by atoms with E-state index in [-0.39, 0.29) is 11.7 Å². The first-order chi connectivity index (χ1) is 10.1. The monoisotopic (exact) mass is 290 g/mol. The molecule has 0 aliphatic carbocycles. The Kier molecular flexibility index (Phi) is 3.70. The molecule has 0 bridgehead atoms. The third-order valence-corrected chi connectivity index (χ3v) is 3.67. The molecule has 0 radical (unpaired) electrons. The summed E-state index contributed by atoms with van der Waals surface area (Å²) >= 11 is 0. The molecule has 1 aromatic heterocycles. The SMILES string of the molecule is O=C(O)C1CCN(Cc2ncc(-c3ccccc3F)o2)C1. The van der Waals surface area contributed by atoms with Crippen LogP contribution >= 0.6 is 0 Å². The third-order valence-electron chi connectivity index (χ3n) is 3.67. The molecule has 6 heteroatoms. The zero-order chi connectivity index (χ0) is 14.8. The number of oxazole rings is 1. The molecular formula is C15H15FN2O3. The van der Waals surface area contributed by atoms with Gasteiger partial charge in [0.15, 0.2) is 5.76 Å². The summed E-state index contributed by atoms with van der Waals surface area (Å²) < 4.78 is 19.2. The average molecular weight is 290 g/mol. The van der Waals surface area contributed by atoms with Crippen molar-refractivity contribution in [2.24, 2.45) is 5.92 Å². The molecule has 5 nitrogen and oxygen atoms in total. The lowest BCUT2D eigenvalue weighted by Gasteiger charge is -2.11. The number of carboxylic acid groups (broad SMARTS) is 1. The predicted molar refractivity (Wildman–Crippen MR) is 72.9 cm³/mol. The maximum absolute atomic E-state index is 13.7. The van der Waals surface area contributed by atoms with E-state index in [9.17, 15) is 9.18 Å². The van der Waals surface area contributed by atoms with Gasteiger partial charge >= 0.3 is 5.97 Å². The van der Waals surface area contributed by atoms with Crippen molar-refractivity contribution in [3.63, 3.8) is 0 Å². The van der Waals surface area contributed by atoms with Crippen molar-refractivity contribution in [2.75, 3.05) is 13.1 Å². The molecule has 0 saturated carbocycles. The number of carboxylic acids is 1. The Morgan fingerprint density at radius 2 is 2.29 bits per heavy atom. The van der Waals surface area contributed by atoms with Gasteiger partial charge in [-0.25, -0.2) is 9.37 Å². The number of halogens is 1. The van der Waals surface area contributed by atoms with Gasteiger partial charge in [0.2, 0.25) is 5.89 Å². The summed E-state index contributed by atoms with van der Waals surface area (Å²) in [5.74, 6) is -0.591. The fourth-order valence-corrected chi connectivity index (χ4v) is 2.54. The van der Waals surface area contributed by atoms with Gasteiger partial charge < -0.3 is 9.52 Å². The van der Waals surface area contributed by atoms with E-state index in [0.29, 0.717) is 43.3 Å². The van der Waals surface area contributed by atoms with Gasteiger partial charge in [0, 0.05) is 6.54 Å². The van der Waals surface area contributed by atoms with Gasteiger partial charge in [0.1, 0.15) is 5.82 Å². The van der Waals surface area contributed by atoms with Crippen molar-refractivity contribution in [3.05, 3.63) is 42.2 Å². The molecule has 1 atom stereocenters. The molecule has 110 valence electrons. The molecule has 1 saturated heterocycles. The number of hydrogen-bond acceptors (Lipinski definition) is 4. The Bertz CT molecular complexity index is 656. The minimum absolute atomic E-state index is 0.328. The van der Waals surface area contributed by atoms with E-state index in [1.165, 1.54) is 12.3 Å². The van der Waals surface area contributed by atoms with Crippen molar-refractivity contribution in [1.82, 2.24) is 9.88 Å². The first-order valence-electron chi connectivity index (χ1n) is 6.78. The minimum atomic E-state index is -0.767. The highest BCUT2D eigenvalue weighted by Crippen LogP contribution is 2.25. The molecule has 2 aromatic rings. The van der Waals surface area contributed by atoms with Crippen LogP contribution in [0.25, 0.3) is 11.3 Å². The van der Waals surface area contributed by atoms with Crippen LogP contribution in [0, 0.1) is 11.7 Å². The van der Waals surface area contributed by atoms with Crippen molar-refractivity contribution in [2.45, 2.75) is 13.0 Å². The van der Waals surface area contributed by atoms with Crippen LogP contribution in [0.4, 0.5) is 4.39 Å². The maximum Gasteiger partial charge on any atom is 0.307 e. The predicted octanol–water partition coefficient (Wildman–Crippen LogP) is 2.39. The second kappa shape index (κ2) is 5.65. The molecule has 3 rings (SSSR count). The molecule has 21 heavy (non-hydrogen) atoms. The third kappa shape index (κ3) is 2.95. The lowest BCUT2D eigenvalue weighted by Crippen LogP contribution is -2.22. The summed E-state index contributed by atoms with van der Waals surface area (Å²) in [5.41, 5.74) is 0.376. The van der Waals surface area contributed by atoms with Crippen molar-refractivity contribution < 1.29 is 18.7 Å². The van der Waals surface area contributed by atoms with Crippen LogP contribution in [0.5, 0.6) is 0 Å². The maximum atomic E-state index is 13.7. The molecule has 1 aliphatic rings. The normalized spacial score (nSPS) is 19.0. The Balaban J connectivity index is 1.69. The van der Waals surface area contributed by atoms with Gasteiger partial charge in [-0.15, -0.1) is 0 Å². The molecule has 1 N–H and O–H groups in total. The van der Waals surface area contributed by atoms with Gasteiger partial charge in [0.05, 0.1) is 24.2 Å². The van der Waals surface area contributed by atoms with E-state index in [2.05, 4.69) is 4.98 Å². The lowest BCUT2D eigenvalue weighted by molar-refractivity contribution is -0.141. The average Bonchev–Trinajstić information content (AvgIpc) is 3.09. The number of nitrogens with zero attached hydrogens (tertiary/aromatic N) is 2. The van der Waals surface area contributed by atoms with Gasteiger partial charge in [-0.05, 0) is 25.1 Å². The van der Waals surface area contributed by atoms with E-state index in [0.717, 1.165) is 0 Å². The number of hydrogen-bond donors (Lipinski definition) is 1. The lowest BCUT2D eigenvalue weighted by atomic mass is 10.1. The Hall–Kier alpha value is -2.21. The van der Waals surface area contributed by atoms with Crippen LogP contribution in [0.2, 0.25) is 0 Å². The molecule has 0 amide bonds.